The van der Waals surface area contributed by atoms with Gasteiger partial charge in [-0.15, -0.1) is 10.2 Å². The molecule has 1 aromatic carbocycles. The van der Waals surface area contributed by atoms with Crippen LogP contribution in [0.25, 0.3) is 11.4 Å². The molecule has 0 bridgehead atoms. The Morgan fingerprint density at radius 1 is 1.33 bits per heavy atom. The number of imide groups is 1. The molecule has 0 spiro atoms. The van der Waals surface area contributed by atoms with Crippen LogP contribution < -0.4 is 5.32 Å². The van der Waals surface area contributed by atoms with Crippen molar-refractivity contribution in [1.82, 2.24) is 25.0 Å². The lowest BCUT2D eigenvalue weighted by molar-refractivity contribution is -0.124. The van der Waals surface area contributed by atoms with Crippen molar-refractivity contribution >= 4 is 23.7 Å². The van der Waals surface area contributed by atoms with Crippen molar-refractivity contribution in [1.29, 1.82) is 0 Å². The van der Waals surface area contributed by atoms with Crippen molar-refractivity contribution in [3.8, 4) is 11.4 Å². The van der Waals surface area contributed by atoms with Crippen molar-refractivity contribution in [2.24, 2.45) is 0 Å². The average Bonchev–Trinajstić information content (AvgIpc) is 3.19. The molecular weight excluding hydrogens is 326 g/mol. The van der Waals surface area contributed by atoms with Crippen molar-refractivity contribution in [3.05, 3.63) is 29.8 Å². The van der Waals surface area contributed by atoms with E-state index in [1.54, 1.807) is 0 Å². The van der Waals surface area contributed by atoms with Gasteiger partial charge >= 0.3 is 6.03 Å². The Kier molecular flexibility index (Phi) is 4.84. The number of aromatic nitrogens is 3. The molecule has 2 heterocycles. The van der Waals surface area contributed by atoms with Gasteiger partial charge in [0.1, 0.15) is 0 Å². The summed E-state index contributed by atoms with van der Waals surface area (Å²) in [5, 5.41) is 11.8. The molecule has 1 fully saturated rings. The minimum atomic E-state index is -0.321. The fourth-order valence-electron chi connectivity index (χ4n) is 2.62. The first-order valence-electron chi connectivity index (χ1n) is 7.82. The van der Waals surface area contributed by atoms with Gasteiger partial charge in [-0.25, -0.2) is 4.79 Å². The zero-order chi connectivity index (χ0) is 17.1. The summed E-state index contributed by atoms with van der Waals surface area (Å²) in [7, 11) is 0. The van der Waals surface area contributed by atoms with Crippen molar-refractivity contribution in [2.45, 2.75) is 25.5 Å². The number of amides is 3. The molecule has 126 valence electrons. The van der Waals surface area contributed by atoms with Crippen LogP contribution in [0.2, 0.25) is 0 Å². The third-order valence-corrected chi connectivity index (χ3v) is 4.85. The predicted octanol–water partition coefficient (Wildman–Crippen LogP) is 1.92. The van der Waals surface area contributed by atoms with Crippen LogP contribution in [-0.4, -0.2) is 50.4 Å². The average molecular weight is 345 g/mol. The van der Waals surface area contributed by atoms with E-state index >= 15 is 0 Å². The van der Waals surface area contributed by atoms with Crippen LogP contribution in [0.1, 0.15) is 12.5 Å². The lowest BCUT2D eigenvalue weighted by atomic mass is 10.1. The lowest BCUT2D eigenvalue weighted by Gasteiger charge is -2.12. The van der Waals surface area contributed by atoms with E-state index in [1.165, 1.54) is 16.7 Å². The van der Waals surface area contributed by atoms with Gasteiger partial charge in [0.25, 0.3) is 0 Å². The number of hydrogen-bond donors (Lipinski definition) is 1. The zero-order valence-electron chi connectivity index (χ0n) is 13.7. The maximum Gasteiger partial charge on any atom is 0.324 e. The molecule has 0 saturated carbocycles. The van der Waals surface area contributed by atoms with E-state index in [-0.39, 0.29) is 17.7 Å². The van der Waals surface area contributed by atoms with Crippen molar-refractivity contribution in [3.63, 3.8) is 0 Å². The lowest BCUT2D eigenvalue weighted by Crippen LogP contribution is -2.35. The topological polar surface area (TPSA) is 80.1 Å². The molecule has 3 amide bonds. The zero-order valence-corrected chi connectivity index (χ0v) is 14.5. The van der Waals surface area contributed by atoms with Crippen LogP contribution in [0.3, 0.4) is 0 Å². The van der Waals surface area contributed by atoms with Crippen molar-refractivity contribution in [2.75, 3.05) is 18.8 Å². The summed E-state index contributed by atoms with van der Waals surface area (Å²) in [6.07, 6.45) is 0. The van der Waals surface area contributed by atoms with E-state index < -0.39 is 0 Å². The largest absolute Gasteiger partial charge is 0.336 e. The number of carbonyl (C=O) groups excluding carboxylic acids is 2. The minimum absolute atomic E-state index is 0.166. The molecule has 8 heteroatoms. The predicted molar refractivity (Wildman–Crippen MR) is 91.7 cm³/mol. The van der Waals surface area contributed by atoms with Gasteiger partial charge in [-0.2, -0.15) is 0 Å². The third-order valence-electron chi connectivity index (χ3n) is 3.90. The highest BCUT2D eigenvalue weighted by Gasteiger charge is 2.26. The highest BCUT2D eigenvalue weighted by molar-refractivity contribution is 7.99. The fourth-order valence-corrected chi connectivity index (χ4v) is 3.50. The summed E-state index contributed by atoms with van der Waals surface area (Å²) in [4.78, 5) is 24.9. The second-order valence-corrected chi connectivity index (χ2v) is 6.37. The maximum atomic E-state index is 12.1. The van der Waals surface area contributed by atoms with Crippen LogP contribution in [0.5, 0.6) is 0 Å². The normalized spacial score (nSPS) is 14.1. The van der Waals surface area contributed by atoms with Crippen LogP contribution in [0, 0.1) is 6.92 Å². The van der Waals surface area contributed by atoms with Gasteiger partial charge < -0.3 is 9.88 Å². The number of aryl methyl sites for hydroxylation is 1. The second kappa shape index (κ2) is 7.04. The first-order valence-corrected chi connectivity index (χ1v) is 8.80. The monoisotopic (exact) mass is 345 g/mol. The molecule has 1 aliphatic rings. The molecule has 1 N–H and O–H groups in total. The van der Waals surface area contributed by atoms with E-state index in [0.29, 0.717) is 24.8 Å². The van der Waals surface area contributed by atoms with Crippen LogP contribution in [-0.2, 0) is 11.3 Å². The molecule has 1 aliphatic heterocycles. The highest BCUT2D eigenvalue weighted by Crippen LogP contribution is 2.26. The van der Waals surface area contributed by atoms with Gasteiger partial charge in [0.2, 0.25) is 5.91 Å². The first-order chi connectivity index (χ1) is 11.6. The Morgan fingerprint density at radius 2 is 2.12 bits per heavy atom. The van der Waals surface area contributed by atoms with Gasteiger partial charge in [-0.1, -0.05) is 36.0 Å². The Labute approximate surface area is 144 Å². The quantitative estimate of drug-likeness (QED) is 0.838. The molecule has 24 heavy (non-hydrogen) atoms. The van der Waals surface area contributed by atoms with Crippen molar-refractivity contribution < 1.29 is 9.59 Å². The molecule has 0 atom stereocenters. The number of benzene rings is 1. The van der Waals surface area contributed by atoms with Gasteiger partial charge in [0.15, 0.2) is 11.0 Å². The Hall–Kier alpha value is -2.35. The summed E-state index contributed by atoms with van der Waals surface area (Å²) in [5.74, 6) is 0.752. The fraction of sp³-hybridized carbons (Fsp3) is 0.375. The first kappa shape index (κ1) is 16.5. The standard InChI is InChI=1S/C16H19N5O2S/c1-3-20-14(12-7-5-4-6-11(12)2)18-19-16(20)24-10-13(22)21-9-8-17-15(21)23/h4-7H,3,8-10H2,1-2H3,(H,17,23). The van der Waals surface area contributed by atoms with E-state index in [1.807, 2.05) is 42.7 Å². The SMILES string of the molecule is CCn1c(SCC(=O)N2CCNC2=O)nnc1-c1ccccc1C. The molecule has 0 radical (unpaired) electrons. The molecule has 1 saturated heterocycles. The van der Waals surface area contributed by atoms with Crippen LogP contribution in [0.15, 0.2) is 29.4 Å². The number of nitrogens with zero attached hydrogens (tertiary/aromatic N) is 4. The summed E-state index contributed by atoms with van der Waals surface area (Å²) < 4.78 is 1.99. The van der Waals surface area contributed by atoms with Gasteiger partial charge in [-0.05, 0) is 19.4 Å². The molecular formula is C16H19N5O2S. The number of carbonyl (C=O) groups is 2. The number of urea groups is 1. The smallest absolute Gasteiger partial charge is 0.324 e. The molecule has 1 aromatic heterocycles. The third kappa shape index (κ3) is 3.14. The number of rotatable bonds is 5. The maximum absolute atomic E-state index is 12.1. The van der Waals surface area contributed by atoms with Crippen LogP contribution >= 0.6 is 11.8 Å². The summed E-state index contributed by atoms with van der Waals surface area (Å²) in [6, 6.07) is 7.69. The minimum Gasteiger partial charge on any atom is -0.336 e. The van der Waals surface area contributed by atoms with Gasteiger partial charge in [0, 0.05) is 25.2 Å². The Balaban J connectivity index is 1.76. The van der Waals surface area contributed by atoms with E-state index in [9.17, 15) is 9.59 Å². The number of hydrogen-bond acceptors (Lipinski definition) is 5. The summed E-state index contributed by atoms with van der Waals surface area (Å²) in [6.45, 7) is 5.69. The van der Waals surface area contributed by atoms with E-state index in [2.05, 4.69) is 15.5 Å². The van der Waals surface area contributed by atoms with Gasteiger partial charge in [-0.3, -0.25) is 9.69 Å². The molecule has 0 unspecified atom stereocenters. The number of nitrogens with one attached hydrogen (secondary N) is 1. The molecule has 0 aliphatic carbocycles. The van der Waals surface area contributed by atoms with E-state index in [4.69, 9.17) is 0 Å². The molecule has 2 aromatic rings. The Bertz CT molecular complexity index is 774. The number of thioether (sulfide) groups is 1. The van der Waals surface area contributed by atoms with Crippen LogP contribution in [0.4, 0.5) is 4.79 Å². The Morgan fingerprint density at radius 3 is 2.79 bits per heavy atom. The summed E-state index contributed by atoms with van der Waals surface area (Å²) >= 11 is 1.31. The second-order valence-electron chi connectivity index (χ2n) is 5.43. The highest BCUT2D eigenvalue weighted by atomic mass is 32.2. The molecule has 7 nitrogen and oxygen atoms in total. The summed E-state index contributed by atoms with van der Waals surface area (Å²) in [5.41, 5.74) is 2.16. The van der Waals surface area contributed by atoms with Gasteiger partial charge in [0.05, 0.1) is 5.75 Å². The molecule has 3 rings (SSSR count). The van der Waals surface area contributed by atoms with E-state index in [0.717, 1.165) is 17.0 Å².